The number of fused-ring (bicyclic) bond motifs is 1. The first-order valence-electron chi connectivity index (χ1n) is 7.41. The van der Waals surface area contributed by atoms with Crippen LogP contribution >= 0.6 is 0 Å². The van der Waals surface area contributed by atoms with Crippen LogP contribution in [0.5, 0.6) is 0 Å². The molecular formula is C16H20N2O3S. The number of nitrogens with one attached hydrogen (secondary N) is 1. The van der Waals surface area contributed by atoms with Gasteiger partial charge in [-0.15, -0.1) is 0 Å². The molecular weight excluding hydrogens is 300 g/mol. The Kier molecular flexibility index (Phi) is 3.72. The molecule has 1 aromatic carbocycles. The largest absolute Gasteiger partial charge is 0.361 e. The molecule has 6 heteroatoms. The van der Waals surface area contributed by atoms with E-state index in [0.717, 1.165) is 23.7 Å². The maximum atomic E-state index is 12.7. The summed E-state index contributed by atoms with van der Waals surface area (Å²) >= 11 is 0. The first-order valence-corrected chi connectivity index (χ1v) is 9.36. The third kappa shape index (κ3) is 2.63. The molecule has 0 radical (unpaired) electrons. The van der Waals surface area contributed by atoms with Crippen LogP contribution in [-0.4, -0.2) is 48.8 Å². The van der Waals surface area contributed by atoms with E-state index >= 15 is 0 Å². The van der Waals surface area contributed by atoms with Crippen LogP contribution in [0, 0.1) is 0 Å². The van der Waals surface area contributed by atoms with Gasteiger partial charge in [-0.3, -0.25) is 4.79 Å². The Morgan fingerprint density at radius 3 is 2.77 bits per heavy atom. The molecule has 1 aliphatic rings. The minimum Gasteiger partial charge on any atom is -0.361 e. The number of carbonyl (C=O) groups is 1. The Labute approximate surface area is 130 Å². The summed E-state index contributed by atoms with van der Waals surface area (Å²) in [4.78, 5) is 17.4. The fourth-order valence-corrected chi connectivity index (χ4v) is 4.87. The van der Waals surface area contributed by atoms with Crippen molar-refractivity contribution in [1.29, 1.82) is 0 Å². The monoisotopic (exact) mass is 320 g/mol. The Hall–Kier alpha value is -1.82. The predicted molar refractivity (Wildman–Crippen MR) is 86.7 cm³/mol. The highest BCUT2D eigenvalue weighted by Crippen LogP contribution is 2.29. The Morgan fingerprint density at radius 2 is 2.05 bits per heavy atom. The summed E-state index contributed by atoms with van der Waals surface area (Å²) < 4.78 is 23.8. The van der Waals surface area contributed by atoms with Crippen molar-refractivity contribution in [3.8, 4) is 0 Å². The molecule has 22 heavy (non-hydrogen) atoms. The molecule has 1 aliphatic carbocycles. The summed E-state index contributed by atoms with van der Waals surface area (Å²) in [6.45, 7) is 0. The van der Waals surface area contributed by atoms with E-state index in [2.05, 4.69) is 4.98 Å². The molecule has 3 rings (SSSR count). The first-order chi connectivity index (χ1) is 10.4. The number of aromatic nitrogens is 1. The number of rotatable bonds is 3. The zero-order valence-electron chi connectivity index (χ0n) is 12.7. The highest BCUT2D eigenvalue weighted by Gasteiger charge is 2.38. The Bertz CT molecular complexity index is 810. The number of nitrogens with zero attached hydrogens (tertiary/aromatic N) is 1. The van der Waals surface area contributed by atoms with Crippen molar-refractivity contribution in [3.63, 3.8) is 0 Å². The second kappa shape index (κ2) is 5.43. The predicted octanol–water partition coefficient (Wildman–Crippen LogP) is 2.21. The van der Waals surface area contributed by atoms with Gasteiger partial charge in [0.2, 0.25) is 0 Å². The van der Waals surface area contributed by atoms with E-state index in [1.165, 1.54) is 6.26 Å². The molecule has 1 saturated carbocycles. The molecule has 5 nitrogen and oxygen atoms in total. The topological polar surface area (TPSA) is 70.2 Å². The van der Waals surface area contributed by atoms with E-state index in [4.69, 9.17) is 0 Å². The maximum absolute atomic E-state index is 12.7. The van der Waals surface area contributed by atoms with E-state index < -0.39 is 15.1 Å². The second-order valence-corrected chi connectivity index (χ2v) is 8.33. The fraction of sp³-hybridized carbons (Fsp3) is 0.438. The zero-order valence-corrected chi connectivity index (χ0v) is 13.6. The van der Waals surface area contributed by atoms with Crippen molar-refractivity contribution in [3.05, 3.63) is 36.0 Å². The van der Waals surface area contributed by atoms with E-state index in [0.29, 0.717) is 12.0 Å². The van der Waals surface area contributed by atoms with Crippen LogP contribution in [0.15, 0.2) is 30.5 Å². The van der Waals surface area contributed by atoms with Crippen LogP contribution in [0.1, 0.15) is 29.6 Å². The first kappa shape index (κ1) is 15.1. The minimum absolute atomic E-state index is 0.122. The van der Waals surface area contributed by atoms with Crippen molar-refractivity contribution in [2.75, 3.05) is 13.3 Å². The molecule has 0 saturated heterocycles. The van der Waals surface area contributed by atoms with E-state index in [9.17, 15) is 13.2 Å². The molecule has 0 unspecified atom stereocenters. The third-order valence-electron chi connectivity index (χ3n) is 4.59. The summed E-state index contributed by atoms with van der Waals surface area (Å²) in [6.07, 6.45) is 5.32. The van der Waals surface area contributed by atoms with Gasteiger partial charge >= 0.3 is 0 Å². The lowest BCUT2D eigenvalue weighted by Gasteiger charge is -2.29. The molecule has 1 fully saturated rings. The van der Waals surface area contributed by atoms with Crippen LogP contribution in [0.3, 0.4) is 0 Å². The van der Waals surface area contributed by atoms with E-state index in [1.807, 2.05) is 24.4 Å². The number of H-pyrrole nitrogens is 1. The molecule has 1 N–H and O–H groups in total. The molecule has 118 valence electrons. The molecule has 2 aromatic rings. The van der Waals surface area contributed by atoms with Crippen molar-refractivity contribution >= 4 is 26.6 Å². The van der Waals surface area contributed by atoms with Gasteiger partial charge < -0.3 is 9.88 Å². The summed E-state index contributed by atoms with van der Waals surface area (Å²) in [5.74, 6) is -0.122. The summed E-state index contributed by atoms with van der Waals surface area (Å²) in [5, 5.41) is 0.530. The zero-order chi connectivity index (χ0) is 15.9. The number of carbonyl (C=O) groups excluding carboxylic acids is 1. The Balaban J connectivity index is 1.87. The van der Waals surface area contributed by atoms with Gasteiger partial charge in [0.1, 0.15) is 0 Å². The van der Waals surface area contributed by atoms with Crippen LogP contribution in [0.2, 0.25) is 0 Å². The maximum Gasteiger partial charge on any atom is 0.253 e. The van der Waals surface area contributed by atoms with Gasteiger partial charge in [0.25, 0.3) is 5.91 Å². The van der Waals surface area contributed by atoms with Gasteiger partial charge in [0.05, 0.1) is 5.25 Å². The number of aromatic amines is 1. The summed E-state index contributed by atoms with van der Waals surface area (Å²) in [5.41, 5.74) is 1.57. The van der Waals surface area contributed by atoms with E-state index in [-0.39, 0.29) is 11.9 Å². The number of sulfone groups is 1. The number of benzene rings is 1. The number of amides is 1. The van der Waals surface area contributed by atoms with Crippen molar-refractivity contribution in [2.45, 2.75) is 30.6 Å². The molecule has 0 bridgehead atoms. The quantitative estimate of drug-likeness (QED) is 0.942. The van der Waals surface area contributed by atoms with Crippen molar-refractivity contribution in [2.24, 2.45) is 0 Å². The second-order valence-electron chi connectivity index (χ2n) is 6.06. The lowest BCUT2D eigenvalue weighted by Crippen LogP contribution is -2.44. The standard InChI is InChI=1S/C16H20N2O3S/c1-18(14-4-3-5-15(14)22(2,20)21)16(19)12-6-7-13-11(10-12)8-9-17-13/h6-10,14-15,17H,3-5H2,1-2H3/t14-,15+/m1/s1. The van der Waals surface area contributed by atoms with Crippen molar-refractivity contribution in [1.82, 2.24) is 9.88 Å². The van der Waals surface area contributed by atoms with Crippen molar-refractivity contribution < 1.29 is 13.2 Å². The molecule has 1 heterocycles. The highest BCUT2D eigenvalue weighted by molar-refractivity contribution is 7.91. The molecule has 1 aromatic heterocycles. The van der Waals surface area contributed by atoms with Gasteiger partial charge in [-0.2, -0.15) is 0 Å². The lowest BCUT2D eigenvalue weighted by molar-refractivity contribution is 0.0737. The van der Waals surface area contributed by atoms with Crippen LogP contribution < -0.4 is 0 Å². The molecule has 0 spiro atoms. The average Bonchev–Trinajstić information content (AvgIpc) is 3.12. The van der Waals surface area contributed by atoms with Gasteiger partial charge in [0.15, 0.2) is 9.84 Å². The average molecular weight is 320 g/mol. The SMILES string of the molecule is CN(C(=O)c1ccc2[nH]ccc2c1)[C@@H]1CCC[C@@H]1S(C)(=O)=O. The van der Waals surface area contributed by atoms with E-state index in [1.54, 1.807) is 18.0 Å². The molecule has 1 amide bonds. The fourth-order valence-electron chi connectivity index (χ4n) is 3.39. The number of hydrogen-bond donors (Lipinski definition) is 1. The summed E-state index contributed by atoms with van der Waals surface area (Å²) in [7, 11) is -1.43. The van der Waals surface area contributed by atoms with Crippen LogP contribution in [0.4, 0.5) is 0 Å². The highest BCUT2D eigenvalue weighted by atomic mass is 32.2. The number of hydrogen-bond acceptors (Lipinski definition) is 3. The smallest absolute Gasteiger partial charge is 0.253 e. The molecule has 0 aliphatic heterocycles. The third-order valence-corrected chi connectivity index (χ3v) is 6.24. The van der Waals surface area contributed by atoms with Gasteiger partial charge in [-0.05, 0) is 43.5 Å². The summed E-state index contributed by atoms with van der Waals surface area (Å²) in [6, 6.07) is 7.18. The van der Waals surface area contributed by atoms with Gasteiger partial charge in [0, 0.05) is 42.0 Å². The minimum atomic E-state index is -3.14. The van der Waals surface area contributed by atoms with Crippen LogP contribution in [0.25, 0.3) is 10.9 Å². The van der Waals surface area contributed by atoms with Crippen LogP contribution in [-0.2, 0) is 9.84 Å². The van der Waals surface area contributed by atoms with Gasteiger partial charge in [-0.1, -0.05) is 0 Å². The normalized spacial score (nSPS) is 22.1. The van der Waals surface area contributed by atoms with Gasteiger partial charge in [-0.25, -0.2) is 8.42 Å². The lowest BCUT2D eigenvalue weighted by atomic mass is 10.1. The Morgan fingerprint density at radius 1 is 1.27 bits per heavy atom. The molecule has 2 atom stereocenters.